The maximum atomic E-state index is 11.1. The van der Waals surface area contributed by atoms with Crippen molar-refractivity contribution in [2.45, 2.75) is 25.0 Å². The molecule has 0 unspecified atom stereocenters. The predicted octanol–water partition coefficient (Wildman–Crippen LogP) is 2.57. The van der Waals surface area contributed by atoms with Crippen LogP contribution < -0.4 is 0 Å². The zero-order valence-corrected chi connectivity index (χ0v) is 9.21. The normalized spacial score (nSPS) is 10.2. The van der Waals surface area contributed by atoms with Gasteiger partial charge in [0.2, 0.25) is 0 Å². The Morgan fingerprint density at radius 3 is 2.33 bits per heavy atom. The highest BCUT2D eigenvalue weighted by atomic mass is 32.2. The van der Waals surface area contributed by atoms with E-state index in [4.69, 9.17) is 0 Å². The van der Waals surface area contributed by atoms with Crippen molar-refractivity contribution in [2.75, 3.05) is 5.75 Å². The Kier molecular flexibility index (Phi) is 5.17. The lowest BCUT2D eigenvalue weighted by molar-refractivity contribution is 0.599. The first-order chi connectivity index (χ1) is 5.67. The van der Waals surface area contributed by atoms with E-state index in [0.29, 0.717) is 4.21 Å². The smallest absolute Gasteiger partial charge is 0.187 e. The van der Waals surface area contributed by atoms with Gasteiger partial charge in [0.25, 0.3) is 0 Å². The van der Waals surface area contributed by atoms with Gasteiger partial charge in [-0.1, -0.05) is 26.8 Å². The highest BCUT2D eigenvalue weighted by Gasteiger charge is 2.10. The first kappa shape index (κ1) is 11.6. The van der Waals surface area contributed by atoms with Crippen LogP contribution in [0.15, 0.2) is 21.7 Å². The van der Waals surface area contributed by atoms with Crippen molar-refractivity contribution in [1.82, 2.24) is 0 Å². The van der Waals surface area contributed by atoms with Gasteiger partial charge in [-0.25, -0.2) is 8.42 Å². The van der Waals surface area contributed by atoms with Crippen LogP contribution in [0.4, 0.5) is 0 Å². The molecule has 70 valence electrons. The Labute approximate surface area is 78.2 Å². The Hall–Kier alpha value is -0.350. The topological polar surface area (TPSA) is 34.1 Å². The quantitative estimate of drug-likeness (QED) is 0.745. The van der Waals surface area contributed by atoms with E-state index < -0.39 is 9.84 Å². The molecular weight excluding hydrogens is 192 g/mol. The largest absolute Gasteiger partial charge is 0.223 e. The molecule has 0 aliphatic rings. The molecule has 0 aromatic carbocycles. The van der Waals surface area contributed by atoms with Gasteiger partial charge in [-0.3, -0.25) is 0 Å². The summed E-state index contributed by atoms with van der Waals surface area (Å²) in [6.07, 6.45) is 0. The molecule has 0 spiro atoms. The minimum atomic E-state index is -2.94. The fourth-order valence-corrected chi connectivity index (χ4v) is 2.71. The molecule has 2 nitrogen and oxygen atoms in total. The van der Waals surface area contributed by atoms with Crippen LogP contribution >= 0.6 is 11.3 Å². The van der Waals surface area contributed by atoms with Gasteiger partial charge < -0.3 is 0 Å². The summed E-state index contributed by atoms with van der Waals surface area (Å²) in [4.78, 5) is 0. The van der Waals surface area contributed by atoms with Gasteiger partial charge in [0.15, 0.2) is 9.84 Å². The molecule has 1 aromatic rings. The second kappa shape index (κ2) is 5.32. The van der Waals surface area contributed by atoms with Crippen molar-refractivity contribution in [3.63, 3.8) is 0 Å². The number of thiophene rings is 1. The molecule has 0 bridgehead atoms. The molecule has 0 saturated heterocycles. The second-order valence-corrected chi connectivity index (χ2v) is 5.29. The maximum Gasteiger partial charge on any atom is 0.187 e. The first-order valence-electron chi connectivity index (χ1n) is 3.93. The third-order valence-corrected chi connectivity index (χ3v) is 4.40. The number of rotatable bonds is 2. The van der Waals surface area contributed by atoms with Gasteiger partial charge in [-0.2, -0.15) is 0 Å². The molecule has 1 aromatic heterocycles. The SMILES string of the molecule is CC.CCS(=O)(=O)c1cccs1. The van der Waals surface area contributed by atoms with Crippen molar-refractivity contribution < 1.29 is 8.42 Å². The van der Waals surface area contributed by atoms with Gasteiger partial charge >= 0.3 is 0 Å². The average molecular weight is 206 g/mol. The third kappa shape index (κ3) is 2.95. The minimum Gasteiger partial charge on any atom is -0.223 e. The molecule has 0 atom stereocenters. The Morgan fingerprint density at radius 1 is 1.42 bits per heavy atom. The standard InChI is InChI=1S/C6H8O2S2.C2H6/c1-2-10(7,8)6-4-3-5-9-6;1-2/h3-5H,2H2,1H3;1-2H3. The van der Waals surface area contributed by atoms with E-state index in [0.717, 1.165) is 0 Å². The van der Waals surface area contributed by atoms with E-state index >= 15 is 0 Å². The zero-order valence-electron chi connectivity index (χ0n) is 7.57. The summed E-state index contributed by atoms with van der Waals surface area (Å²) in [5.41, 5.74) is 0. The molecule has 0 saturated carbocycles. The molecule has 0 aliphatic carbocycles. The Bertz CT molecular complexity index is 285. The summed E-state index contributed by atoms with van der Waals surface area (Å²) in [5, 5.41) is 1.77. The fraction of sp³-hybridized carbons (Fsp3) is 0.500. The first-order valence-corrected chi connectivity index (χ1v) is 6.46. The molecule has 12 heavy (non-hydrogen) atoms. The summed E-state index contributed by atoms with van der Waals surface area (Å²) in [5.74, 6) is 0.188. The highest BCUT2D eigenvalue weighted by molar-refractivity contribution is 7.93. The van der Waals surface area contributed by atoms with Gasteiger partial charge in [-0.15, -0.1) is 11.3 Å². The van der Waals surface area contributed by atoms with Gasteiger partial charge in [0.05, 0.1) is 5.75 Å². The van der Waals surface area contributed by atoms with E-state index in [1.54, 1.807) is 24.4 Å². The van der Waals surface area contributed by atoms with E-state index in [2.05, 4.69) is 0 Å². The summed E-state index contributed by atoms with van der Waals surface area (Å²) >= 11 is 1.27. The van der Waals surface area contributed by atoms with Gasteiger partial charge in [-0.05, 0) is 11.4 Å². The summed E-state index contributed by atoms with van der Waals surface area (Å²) in [6, 6.07) is 3.37. The van der Waals surface area contributed by atoms with Crippen molar-refractivity contribution in [3.8, 4) is 0 Å². The molecule has 0 fully saturated rings. The molecule has 1 rings (SSSR count). The minimum absolute atomic E-state index is 0.188. The summed E-state index contributed by atoms with van der Waals surface area (Å²) < 4.78 is 22.6. The van der Waals surface area contributed by atoms with Gasteiger partial charge in [0.1, 0.15) is 4.21 Å². The van der Waals surface area contributed by atoms with E-state index in [1.165, 1.54) is 11.3 Å². The zero-order chi connectivity index (χ0) is 9.61. The Balaban J connectivity index is 0.000000561. The van der Waals surface area contributed by atoms with Crippen LogP contribution in [-0.2, 0) is 9.84 Å². The molecule has 0 amide bonds. The van der Waals surface area contributed by atoms with E-state index in [1.807, 2.05) is 13.8 Å². The lowest BCUT2D eigenvalue weighted by atomic mass is 10.7. The molecule has 0 N–H and O–H groups in total. The van der Waals surface area contributed by atoms with Crippen LogP contribution in [0.2, 0.25) is 0 Å². The number of sulfone groups is 1. The van der Waals surface area contributed by atoms with Crippen molar-refractivity contribution in [3.05, 3.63) is 17.5 Å². The van der Waals surface area contributed by atoms with Crippen LogP contribution in [-0.4, -0.2) is 14.2 Å². The van der Waals surface area contributed by atoms with E-state index in [9.17, 15) is 8.42 Å². The lowest BCUT2D eigenvalue weighted by Gasteiger charge is -1.92. The highest BCUT2D eigenvalue weighted by Crippen LogP contribution is 2.16. The fourth-order valence-electron chi connectivity index (χ4n) is 0.583. The molecule has 0 aliphatic heterocycles. The predicted molar refractivity (Wildman–Crippen MR) is 53.4 cm³/mol. The number of hydrogen-bond acceptors (Lipinski definition) is 3. The monoisotopic (exact) mass is 206 g/mol. The average Bonchev–Trinajstić information content (AvgIpc) is 2.61. The van der Waals surface area contributed by atoms with Crippen LogP contribution in [0.1, 0.15) is 20.8 Å². The molecule has 0 radical (unpaired) electrons. The second-order valence-electron chi connectivity index (χ2n) is 1.84. The lowest BCUT2D eigenvalue weighted by Crippen LogP contribution is -2.00. The van der Waals surface area contributed by atoms with Gasteiger partial charge in [0, 0.05) is 0 Å². The van der Waals surface area contributed by atoms with E-state index in [-0.39, 0.29) is 5.75 Å². The van der Waals surface area contributed by atoms with Crippen LogP contribution in [0, 0.1) is 0 Å². The van der Waals surface area contributed by atoms with Crippen molar-refractivity contribution in [1.29, 1.82) is 0 Å². The third-order valence-electron chi connectivity index (χ3n) is 1.18. The van der Waals surface area contributed by atoms with Crippen LogP contribution in [0.3, 0.4) is 0 Å². The van der Waals surface area contributed by atoms with Crippen LogP contribution in [0.25, 0.3) is 0 Å². The summed E-state index contributed by atoms with van der Waals surface area (Å²) in [7, 11) is -2.94. The van der Waals surface area contributed by atoms with Crippen LogP contribution in [0.5, 0.6) is 0 Å². The Morgan fingerprint density at radius 2 is 2.00 bits per heavy atom. The molecular formula is C8H14O2S2. The molecule has 4 heteroatoms. The van der Waals surface area contributed by atoms with Crippen molar-refractivity contribution in [2.24, 2.45) is 0 Å². The molecule has 1 heterocycles. The van der Waals surface area contributed by atoms with Crippen molar-refractivity contribution >= 4 is 21.2 Å². The maximum absolute atomic E-state index is 11.1. The number of hydrogen-bond donors (Lipinski definition) is 0. The summed E-state index contributed by atoms with van der Waals surface area (Å²) in [6.45, 7) is 5.65.